The number of allylic oxidation sites excluding steroid dienone is 2. The molecule has 0 aromatic heterocycles. The highest BCUT2D eigenvalue weighted by Gasteiger charge is 2.23. The van der Waals surface area contributed by atoms with Gasteiger partial charge in [-0.05, 0) is 45.4 Å². The second-order valence-electron chi connectivity index (χ2n) is 4.92. The molecular weight excluding hydrogens is 223 g/mol. The lowest BCUT2D eigenvalue weighted by atomic mass is 9.90. The average Bonchev–Trinajstić information content (AvgIpc) is 2.25. The zero-order valence-electron chi connectivity index (χ0n) is 10.3. The average molecular weight is 246 g/mol. The maximum Gasteiger partial charge on any atom is 0.328 e. The van der Waals surface area contributed by atoms with Crippen LogP contribution >= 0.6 is 7.60 Å². The summed E-state index contributed by atoms with van der Waals surface area (Å²) in [6, 6.07) is 0. The van der Waals surface area contributed by atoms with E-state index in [1.165, 1.54) is 43.3 Å². The van der Waals surface area contributed by atoms with Gasteiger partial charge in [0.2, 0.25) is 0 Å². The quantitative estimate of drug-likeness (QED) is 0.588. The van der Waals surface area contributed by atoms with Crippen LogP contribution in [0, 0.1) is 0 Å². The molecule has 1 fully saturated rings. The van der Waals surface area contributed by atoms with Crippen molar-refractivity contribution in [3.8, 4) is 0 Å². The zero-order chi connectivity index (χ0) is 12.2. The van der Waals surface area contributed by atoms with Gasteiger partial charge in [0, 0.05) is 0 Å². The van der Waals surface area contributed by atoms with E-state index in [1.54, 1.807) is 6.92 Å². The van der Waals surface area contributed by atoms with Gasteiger partial charge in [0.1, 0.15) is 0 Å². The minimum atomic E-state index is -3.88. The van der Waals surface area contributed by atoms with Crippen molar-refractivity contribution in [2.45, 2.75) is 64.5 Å². The summed E-state index contributed by atoms with van der Waals surface area (Å²) in [5.74, 6) is 0. The van der Waals surface area contributed by atoms with Gasteiger partial charge in [0.05, 0.1) is 5.66 Å². The molecule has 1 rings (SSSR count). The van der Waals surface area contributed by atoms with Crippen LogP contribution in [0.4, 0.5) is 0 Å². The monoisotopic (exact) mass is 246 g/mol. The molecule has 0 amide bonds. The molecule has 0 saturated heterocycles. The first-order valence-corrected chi connectivity index (χ1v) is 7.82. The first kappa shape index (κ1) is 14.0. The molecule has 1 aliphatic rings. The number of rotatable bonds is 4. The second kappa shape index (κ2) is 6.00. The van der Waals surface area contributed by atoms with Crippen molar-refractivity contribution in [1.29, 1.82) is 0 Å². The Bertz CT molecular complexity index is 295. The molecule has 4 heteroatoms. The lowest BCUT2D eigenvalue weighted by molar-refractivity contribution is 0.357. The molecule has 0 aromatic rings. The van der Waals surface area contributed by atoms with Gasteiger partial charge in [0.25, 0.3) is 0 Å². The smallest absolute Gasteiger partial charge is 0.324 e. The molecule has 2 N–H and O–H groups in total. The van der Waals surface area contributed by atoms with Crippen LogP contribution < -0.4 is 0 Å². The molecule has 0 spiro atoms. The van der Waals surface area contributed by atoms with Crippen molar-refractivity contribution in [3.63, 3.8) is 0 Å². The first-order chi connectivity index (χ1) is 7.41. The van der Waals surface area contributed by atoms with Crippen molar-refractivity contribution in [3.05, 3.63) is 11.1 Å². The molecule has 94 valence electrons. The third-order valence-corrected chi connectivity index (χ3v) is 4.98. The fourth-order valence-corrected chi connectivity index (χ4v) is 2.64. The lowest BCUT2D eigenvalue weighted by Crippen LogP contribution is -2.04. The summed E-state index contributed by atoms with van der Waals surface area (Å²) in [4.78, 5) is 18.0. The van der Waals surface area contributed by atoms with Gasteiger partial charge in [-0.1, -0.05) is 24.5 Å². The van der Waals surface area contributed by atoms with Crippen molar-refractivity contribution in [1.82, 2.24) is 0 Å². The molecule has 0 aromatic carbocycles. The molecule has 0 aliphatic heterocycles. The van der Waals surface area contributed by atoms with Crippen LogP contribution in [0.15, 0.2) is 11.1 Å². The van der Waals surface area contributed by atoms with Crippen LogP contribution in [0.3, 0.4) is 0 Å². The molecule has 1 aliphatic carbocycles. The topological polar surface area (TPSA) is 57.5 Å². The van der Waals surface area contributed by atoms with E-state index in [0.29, 0.717) is 6.42 Å². The molecule has 16 heavy (non-hydrogen) atoms. The molecule has 3 nitrogen and oxygen atoms in total. The summed E-state index contributed by atoms with van der Waals surface area (Å²) in [6.07, 6.45) is 7.70. The summed E-state index contributed by atoms with van der Waals surface area (Å²) >= 11 is 0. The van der Waals surface area contributed by atoms with E-state index in [9.17, 15) is 4.57 Å². The summed E-state index contributed by atoms with van der Waals surface area (Å²) in [6.45, 7) is 3.76. The fourth-order valence-electron chi connectivity index (χ4n) is 2.18. The highest BCUT2D eigenvalue weighted by molar-refractivity contribution is 7.52. The first-order valence-electron chi connectivity index (χ1n) is 6.14. The Morgan fingerprint density at radius 2 is 1.88 bits per heavy atom. The molecular formula is C12H23O3P. The lowest BCUT2D eigenvalue weighted by Gasteiger charge is -2.19. The minimum Gasteiger partial charge on any atom is -0.324 e. The van der Waals surface area contributed by atoms with Crippen molar-refractivity contribution in [2.75, 3.05) is 0 Å². The Balaban J connectivity index is 2.45. The van der Waals surface area contributed by atoms with Crippen LogP contribution in [0.5, 0.6) is 0 Å². The van der Waals surface area contributed by atoms with E-state index in [1.807, 2.05) is 0 Å². The highest BCUT2D eigenvalue weighted by Crippen LogP contribution is 2.43. The van der Waals surface area contributed by atoms with Gasteiger partial charge in [-0.15, -0.1) is 0 Å². The molecule has 1 unspecified atom stereocenters. The van der Waals surface area contributed by atoms with Crippen molar-refractivity contribution >= 4 is 7.60 Å². The summed E-state index contributed by atoms with van der Waals surface area (Å²) in [5, 5.41) is 0. The predicted molar refractivity (Wildman–Crippen MR) is 66.5 cm³/mol. The van der Waals surface area contributed by atoms with Crippen LogP contribution in [0.2, 0.25) is 0 Å². The standard InChI is InChI=1S/C12H23O3P/c1-10(12-6-4-3-5-7-12)8-9-11(2)16(13,14)15/h11H,3-9H2,1-2H3,(H2,13,14,15). The van der Waals surface area contributed by atoms with Gasteiger partial charge in [-0.25, -0.2) is 0 Å². The van der Waals surface area contributed by atoms with Gasteiger partial charge in [-0.3, -0.25) is 4.57 Å². The maximum atomic E-state index is 11.0. The molecule has 1 atom stereocenters. The maximum absolute atomic E-state index is 11.0. The van der Waals surface area contributed by atoms with Crippen molar-refractivity contribution < 1.29 is 14.4 Å². The van der Waals surface area contributed by atoms with Crippen molar-refractivity contribution in [2.24, 2.45) is 0 Å². The largest absolute Gasteiger partial charge is 0.328 e. The van der Waals surface area contributed by atoms with Gasteiger partial charge in [-0.2, -0.15) is 0 Å². The fraction of sp³-hybridized carbons (Fsp3) is 0.833. The van der Waals surface area contributed by atoms with Gasteiger partial charge >= 0.3 is 7.60 Å². The normalized spacial score (nSPS) is 19.6. The highest BCUT2D eigenvalue weighted by atomic mass is 31.2. The van der Waals surface area contributed by atoms with E-state index < -0.39 is 13.3 Å². The molecule has 0 bridgehead atoms. The van der Waals surface area contributed by atoms with E-state index in [2.05, 4.69) is 6.92 Å². The van der Waals surface area contributed by atoms with Gasteiger partial charge in [0.15, 0.2) is 0 Å². The summed E-state index contributed by atoms with van der Waals surface area (Å²) in [5.41, 5.74) is 2.39. The third-order valence-electron chi connectivity index (χ3n) is 3.57. The predicted octanol–water partition coefficient (Wildman–Crippen LogP) is 3.61. The number of hydrogen-bond donors (Lipinski definition) is 2. The zero-order valence-corrected chi connectivity index (χ0v) is 11.2. The Kier molecular flexibility index (Phi) is 5.23. The Hall–Kier alpha value is -0.110. The van der Waals surface area contributed by atoms with Crippen LogP contribution in [0.1, 0.15) is 58.8 Å². The van der Waals surface area contributed by atoms with E-state index in [-0.39, 0.29) is 0 Å². The van der Waals surface area contributed by atoms with Gasteiger partial charge < -0.3 is 9.79 Å². The number of hydrogen-bond acceptors (Lipinski definition) is 1. The SMILES string of the molecule is CC(CCC(C)P(=O)(O)O)=C1CCCCC1. The Morgan fingerprint density at radius 3 is 2.38 bits per heavy atom. The third kappa shape index (κ3) is 4.40. The Morgan fingerprint density at radius 1 is 1.31 bits per heavy atom. The van der Waals surface area contributed by atoms with E-state index >= 15 is 0 Å². The Labute approximate surface area is 98.1 Å². The van der Waals surface area contributed by atoms with Crippen LogP contribution in [0.25, 0.3) is 0 Å². The van der Waals surface area contributed by atoms with E-state index in [0.717, 1.165) is 6.42 Å². The minimum absolute atomic E-state index is 0.508. The van der Waals surface area contributed by atoms with Crippen LogP contribution in [-0.4, -0.2) is 15.4 Å². The van der Waals surface area contributed by atoms with Crippen LogP contribution in [-0.2, 0) is 4.57 Å². The van der Waals surface area contributed by atoms with E-state index in [4.69, 9.17) is 9.79 Å². The molecule has 0 radical (unpaired) electrons. The summed E-state index contributed by atoms with van der Waals surface area (Å²) < 4.78 is 11.0. The molecule has 0 heterocycles. The second-order valence-corrected chi connectivity index (χ2v) is 6.98. The molecule has 1 saturated carbocycles. The summed E-state index contributed by atoms with van der Waals surface area (Å²) in [7, 11) is -3.88.